The first-order valence-electron chi connectivity index (χ1n) is 10.8. The Balaban J connectivity index is 0.00000289. The van der Waals surface area contributed by atoms with Gasteiger partial charge in [-0.1, -0.05) is 72.8 Å². The Bertz CT molecular complexity index is 948. The van der Waals surface area contributed by atoms with E-state index in [4.69, 9.17) is 9.47 Å². The minimum Gasteiger partial charge on any atom is -0.497 e. The van der Waals surface area contributed by atoms with E-state index in [1.807, 2.05) is 18.2 Å². The third kappa shape index (κ3) is 6.78. The molecule has 0 saturated carbocycles. The Morgan fingerprint density at radius 3 is 2.12 bits per heavy atom. The number of methoxy groups -OCH3 is 1. The average molecular weight is 451 g/mol. The molecule has 4 rings (SSSR count). The molecular formula is C27H31ClN2O2. The van der Waals surface area contributed by atoms with E-state index < -0.39 is 0 Å². The van der Waals surface area contributed by atoms with Crippen molar-refractivity contribution in [1.29, 1.82) is 0 Å². The zero-order chi connectivity index (χ0) is 21.3. The second-order valence-corrected chi connectivity index (χ2v) is 7.82. The summed E-state index contributed by atoms with van der Waals surface area (Å²) < 4.78 is 11.6. The second kappa shape index (κ2) is 12.2. The van der Waals surface area contributed by atoms with Crippen LogP contribution in [0.3, 0.4) is 0 Å². The van der Waals surface area contributed by atoms with Gasteiger partial charge in [-0.05, 0) is 35.2 Å². The van der Waals surface area contributed by atoms with Gasteiger partial charge in [0, 0.05) is 25.5 Å². The molecule has 0 radical (unpaired) electrons. The molecule has 1 aliphatic heterocycles. The predicted molar refractivity (Wildman–Crippen MR) is 132 cm³/mol. The smallest absolute Gasteiger partial charge is 0.118 e. The average Bonchev–Trinajstić information content (AvgIpc) is 3.29. The van der Waals surface area contributed by atoms with Crippen LogP contribution < -0.4 is 4.74 Å². The molecule has 0 N–H and O–H groups in total. The van der Waals surface area contributed by atoms with Gasteiger partial charge in [0.15, 0.2) is 0 Å². The lowest BCUT2D eigenvalue weighted by Crippen LogP contribution is -2.30. The van der Waals surface area contributed by atoms with E-state index in [1.165, 1.54) is 11.1 Å². The van der Waals surface area contributed by atoms with Crippen molar-refractivity contribution in [1.82, 2.24) is 9.80 Å². The summed E-state index contributed by atoms with van der Waals surface area (Å²) in [6.45, 7) is 3.29. The lowest BCUT2D eigenvalue weighted by molar-refractivity contribution is 0.0196. The molecule has 0 bridgehead atoms. The Morgan fingerprint density at radius 1 is 0.781 bits per heavy atom. The first kappa shape index (κ1) is 23.7. The zero-order valence-electron chi connectivity index (χ0n) is 18.5. The minimum absolute atomic E-state index is 0. The van der Waals surface area contributed by atoms with Crippen LogP contribution >= 0.6 is 12.4 Å². The van der Waals surface area contributed by atoms with Crippen molar-refractivity contribution in [2.24, 2.45) is 0 Å². The molecule has 4 nitrogen and oxygen atoms in total. The molecule has 1 atom stereocenters. The van der Waals surface area contributed by atoms with E-state index >= 15 is 0 Å². The molecule has 5 heteroatoms. The lowest BCUT2D eigenvalue weighted by atomic mass is 10.1. The predicted octanol–water partition coefficient (Wildman–Crippen LogP) is 5.66. The van der Waals surface area contributed by atoms with Gasteiger partial charge < -0.3 is 19.3 Å². The summed E-state index contributed by atoms with van der Waals surface area (Å²) in [5, 5.41) is 0. The van der Waals surface area contributed by atoms with Gasteiger partial charge in [0.1, 0.15) is 11.9 Å². The van der Waals surface area contributed by atoms with Crippen LogP contribution in [0.2, 0.25) is 0 Å². The van der Waals surface area contributed by atoms with Gasteiger partial charge in [0.2, 0.25) is 0 Å². The SMILES string of the molecule is COc1ccc(COC(CN2C=CN(CCc3ccccc3)C2)c2ccccc2)cc1.Cl. The molecule has 3 aromatic carbocycles. The lowest BCUT2D eigenvalue weighted by Gasteiger charge is -2.26. The molecule has 0 saturated heterocycles. The fourth-order valence-corrected chi connectivity index (χ4v) is 3.75. The number of benzene rings is 3. The maximum atomic E-state index is 6.38. The number of ether oxygens (including phenoxy) is 2. The van der Waals surface area contributed by atoms with E-state index in [2.05, 4.69) is 88.9 Å². The topological polar surface area (TPSA) is 24.9 Å². The molecule has 0 amide bonds. The van der Waals surface area contributed by atoms with Crippen molar-refractivity contribution in [3.8, 4) is 5.75 Å². The molecule has 0 fully saturated rings. The molecule has 3 aromatic rings. The van der Waals surface area contributed by atoms with Gasteiger partial charge in [-0.25, -0.2) is 0 Å². The summed E-state index contributed by atoms with van der Waals surface area (Å²) in [7, 11) is 1.68. The number of hydrogen-bond acceptors (Lipinski definition) is 4. The van der Waals surface area contributed by atoms with Gasteiger partial charge in [0.05, 0.1) is 20.4 Å². The standard InChI is InChI=1S/C27H30N2O2.ClH/c1-30-26-14-12-24(13-15-26)21-31-27(25-10-6-3-7-11-25)20-29-19-18-28(22-29)17-16-23-8-4-2-5-9-23;/h2-15,18-19,27H,16-17,20-22H2,1H3;1H. The molecule has 1 aliphatic rings. The van der Waals surface area contributed by atoms with Crippen molar-refractivity contribution < 1.29 is 9.47 Å². The quantitative estimate of drug-likeness (QED) is 0.397. The molecular weight excluding hydrogens is 420 g/mol. The monoisotopic (exact) mass is 450 g/mol. The first-order chi connectivity index (χ1) is 15.3. The van der Waals surface area contributed by atoms with Crippen molar-refractivity contribution in [2.45, 2.75) is 19.1 Å². The summed E-state index contributed by atoms with van der Waals surface area (Å²) in [4.78, 5) is 4.69. The highest BCUT2D eigenvalue weighted by Gasteiger charge is 2.19. The number of halogens is 1. The highest BCUT2D eigenvalue weighted by atomic mass is 35.5. The van der Waals surface area contributed by atoms with Crippen LogP contribution in [-0.4, -0.2) is 36.7 Å². The summed E-state index contributed by atoms with van der Waals surface area (Å²) in [5.41, 5.74) is 3.72. The number of nitrogens with zero attached hydrogens (tertiary/aromatic N) is 2. The van der Waals surface area contributed by atoms with E-state index in [0.717, 1.165) is 37.5 Å². The molecule has 0 aliphatic carbocycles. The summed E-state index contributed by atoms with van der Waals surface area (Å²) in [6, 6.07) is 29.2. The van der Waals surface area contributed by atoms with Crippen LogP contribution in [0.1, 0.15) is 22.8 Å². The molecule has 1 unspecified atom stereocenters. The molecule has 32 heavy (non-hydrogen) atoms. The Labute approximate surface area is 197 Å². The van der Waals surface area contributed by atoms with Gasteiger partial charge >= 0.3 is 0 Å². The second-order valence-electron chi connectivity index (χ2n) is 7.82. The Kier molecular flexibility index (Phi) is 9.02. The van der Waals surface area contributed by atoms with Crippen molar-refractivity contribution in [3.63, 3.8) is 0 Å². The summed E-state index contributed by atoms with van der Waals surface area (Å²) in [6.07, 6.45) is 5.42. The van der Waals surface area contributed by atoms with E-state index in [-0.39, 0.29) is 18.5 Å². The van der Waals surface area contributed by atoms with Crippen LogP contribution in [0.15, 0.2) is 97.3 Å². The molecule has 1 heterocycles. The fourth-order valence-electron chi connectivity index (χ4n) is 3.75. The van der Waals surface area contributed by atoms with Gasteiger partial charge in [-0.15, -0.1) is 12.4 Å². The van der Waals surface area contributed by atoms with E-state index in [0.29, 0.717) is 6.61 Å². The molecule has 0 aromatic heterocycles. The maximum Gasteiger partial charge on any atom is 0.118 e. The minimum atomic E-state index is 0. The maximum absolute atomic E-state index is 6.38. The molecule has 168 valence electrons. The Morgan fingerprint density at radius 2 is 1.44 bits per heavy atom. The largest absolute Gasteiger partial charge is 0.497 e. The van der Waals surface area contributed by atoms with Crippen LogP contribution in [0.25, 0.3) is 0 Å². The van der Waals surface area contributed by atoms with Crippen molar-refractivity contribution in [3.05, 3.63) is 114 Å². The van der Waals surface area contributed by atoms with Crippen molar-refractivity contribution >= 4 is 12.4 Å². The highest BCUT2D eigenvalue weighted by molar-refractivity contribution is 5.85. The number of rotatable bonds is 10. The Hall–Kier alpha value is -2.95. The normalized spacial score (nSPS) is 13.7. The van der Waals surface area contributed by atoms with Crippen molar-refractivity contribution in [2.75, 3.05) is 26.9 Å². The van der Waals surface area contributed by atoms with Gasteiger partial charge in [-0.2, -0.15) is 0 Å². The van der Waals surface area contributed by atoms with Crippen LogP contribution in [0, 0.1) is 0 Å². The van der Waals surface area contributed by atoms with Gasteiger partial charge in [-0.3, -0.25) is 0 Å². The van der Waals surface area contributed by atoms with Crippen LogP contribution in [0.5, 0.6) is 5.75 Å². The molecule has 0 spiro atoms. The van der Waals surface area contributed by atoms with Gasteiger partial charge in [0.25, 0.3) is 0 Å². The zero-order valence-corrected chi connectivity index (χ0v) is 19.3. The fraction of sp³-hybridized carbons (Fsp3) is 0.259. The summed E-state index contributed by atoms with van der Waals surface area (Å²) in [5.74, 6) is 0.862. The highest BCUT2D eigenvalue weighted by Crippen LogP contribution is 2.23. The van der Waals surface area contributed by atoms with Crippen LogP contribution in [-0.2, 0) is 17.8 Å². The number of hydrogen-bond donors (Lipinski definition) is 0. The van der Waals surface area contributed by atoms with E-state index in [1.54, 1.807) is 7.11 Å². The summed E-state index contributed by atoms with van der Waals surface area (Å²) >= 11 is 0. The third-order valence-electron chi connectivity index (χ3n) is 5.56. The third-order valence-corrected chi connectivity index (χ3v) is 5.56. The first-order valence-corrected chi connectivity index (χ1v) is 10.8. The van der Waals surface area contributed by atoms with Crippen LogP contribution in [0.4, 0.5) is 0 Å². The van der Waals surface area contributed by atoms with E-state index in [9.17, 15) is 0 Å².